The predicted molar refractivity (Wildman–Crippen MR) is 46.5 cm³/mol. The Kier molecular flexibility index (Phi) is 4.15. The van der Waals surface area contributed by atoms with Crippen LogP contribution in [0.1, 0.15) is 27.2 Å². The van der Waals surface area contributed by atoms with E-state index < -0.39 is 0 Å². The maximum Gasteiger partial charge on any atom is 0.0913 e. The van der Waals surface area contributed by atoms with Crippen LogP contribution in [0.3, 0.4) is 0 Å². The zero-order chi connectivity index (χ0) is 7.33. The summed E-state index contributed by atoms with van der Waals surface area (Å²) in [6, 6.07) is 1.43. The highest BCUT2D eigenvalue weighted by Crippen LogP contribution is 2.19. The van der Waals surface area contributed by atoms with Crippen molar-refractivity contribution in [3.63, 3.8) is 0 Å². The van der Waals surface area contributed by atoms with E-state index in [1.54, 1.807) is 0 Å². The van der Waals surface area contributed by atoms with Crippen molar-refractivity contribution < 1.29 is 0 Å². The maximum absolute atomic E-state index is 3.28. The molecule has 0 rings (SSSR count). The molecule has 0 saturated heterocycles. The van der Waals surface area contributed by atoms with Gasteiger partial charge in [-0.05, 0) is 18.5 Å². The van der Waals surface area contributed by atoms with Gasteiger partial charge in [0.25, 0.3) is 0 Å². The minimum atomic E-state index is 0.0919. The summed E-state index contributed by atoms with van der Waals surface area (Å²) in [5.41, 5.74) is 0.545. The molecule has 0 aliphatic rings. The molecule has 0 bridgehead atoms. The first-order valence-electron chi connectivity index (χ1n) is 3.71. The number of rotatable bonds is 3. The van der Waals surface area contributed by atoms with E-state index >= 15 is 0 Å². The minimum Gasteiger partial charge on any atom is -0.345 e. The van der Waals surface area contributed by atoms with Gasteiger partial charge in [-0.3, -0.25) is 0 Å². The Labute approximate surface area is 61.1 Å². The first-order valence-corrected chi connectivity index (χ1v) is 5.41. The van der Waals surface area contributed by atoms with Crippen LogP contribution in [0.25, 0.3) is 0 Å². The van der Waals surface area contributed by atoms with Crippen LogP contribution in [0.5, 0.6) is 0 Å². The molecule has 0 aliphatic heterocycles. The quantitative estimate of drug-likeness (QED) is 0.464. The molecule has 0 spiro atoms. The average molecular weight is 145 g/mol. The number of hydrogen-bond acceptors (Lipinski definition) is 1. The van der Waals surface area contributed by atoms with Gasteiger partial charge in [-0.2, -0.15) is 0 Å². The third-order valence-corrected chi connectivity index (χ3v) is 2.56. The normalized spacial score (nSPS) is 13.3. The van der Waals surface area contributed by atoms with Gasteiger partial charge in [0.2, 0.25) is 0 Å². The molecule has 0 aromatic heterocycles. The lowest BCUT2D eigenvalue weighted by Gasteiger charge is -2.16. The highest BCUT2D eigenvalue weighted by Gasteiger charge is 2.07. The molecule has 0 amide bonds. The van der Waals surface area contributed by atoms with Crippen molar-refractivity contribution in [2.24, 2.45) is 5.41 Å². The number of hydrogen-bond donors (Lipinski definition) is 1. The van der Waals surface area contributed by atoms with E-state index in [1.807, 2.05) is 0 Å². The Bertz CT molecular complexity index is 65.8. The second kappa shape index (κ2) is 4.07. The van der Waals surface area contributed by atoms with Gasteiger partial charge >= 0.3 is 0 Å². The summed E-state index contributed by atoms with van der Waals surface area (Å²) in [5.74, 6) is 0. The largest absolute Gasteiger partial charge is 0.345 e. The van der Waals surface area contributed by atoms with Gasteiger partial charge in [0.15, 0.2) is 0 Å². The van der Waals surface area contributed by atoms with E-state index in [9.17, 15) is 0 Å². The Morgan fingerprint density at radius 2 is 1.89 bits per heavy atom. The van der Waals surface area contributed by atoms with Gasteiger partial charge < -0.3 is 4.98 Å². The summed E-state index contributed by atoms with van der Waals surface area (Å²) in [6.45, 7) is 6.91. The van der Waals surface area contributed by atoms with E-state index in [0.29, 0.717) is 5.41 Å². The Morgan fingerprint density at radius 1 is 1.33 bits per heavy atom. The second-order valence-corrected chi connectivity index (χ2v) is 5.68. The zero-order valence-electron chi connectivity index (χ0n) is 7.12. The molecule has 0 heterocycles. The molecule has 56 valence electrons. The lowest BCUT2D eigenvalue weighted by molar-refractivity contribution is 0.397. The summed E-state index contributed by atoms with van der Waals surface area (Å²) in [7, 11) is 2.16. The van der Waals surface area contributed by atoms with Crippen molar-refractivity contribution in [2.75, 3.05) is 7.05 Å². The van der Waals surface area contributed by atoms with Crippen LogP contribution in [0.2, 0.25) is 6.04 Å². The standard InChI is InChI=1S/C7H19NSi/c1-7(2,3)5-6-9-8-4/h8H,5-6,9H2,1-4H3. The predicted octanol–water partition coefficient (Wildman–Crippen LogP) is 1.14. The molecular weight excluding hydrogens is 126 g/mol. The first kappa shape index (κ1) is 9.18. The van der Waals surface area contributed by atoms with Crippen LogP contribution in [0.4, 0.5) is 0 Å². The molecule has 0 aromatic rings. The molecule has 0 aromatic carbocycles. The summed E-state index contributed by atoms with van der Waals surface area (Å²) in [4.78, 5) is 3.28. The Morgan fingerprint density at radius 3 is 2.22 bits per heavy atom. The third-order valence-electron chi connectivity index (χ3n) is 1.35. The van der Waals surface area contributed by atoms with Crippen LogP contribution in [-0.4, -0.2) is 16.7 Å². The monoisotopic (exact) mass is 145 g/mol. The van der Waals surface area contributed by atoms with Gasteiger partial charge in [-0.25, -0.2) is 0 Å². The molecule has 1 nitrogen and oxygen atoms in total. The molecule has 1 N–H and O–H groups in total. The lowest BCUT2D eigenvalue weighted by Crippen LogP contribution is -2.15. The summed E-state index contributed by atoms with van der Waals surface area (Å²) >= 11 is 0. The SMILES string of the molecule is CN[SiH2]CCC(C)(C)C. The maximum atomic E-state index is 3.28. The van der Waals surface area contributed by atoms with Crippen LogP contribution < -0.4 is 4.98 Å². The molecule has 2 heteroatoms. The highest BCUT2D eigenvalue weighted by molar-refractivity contribution is 6.31. The van der Waals surface area contributed by atoms with Gasteiger partial charge in [0.1, 0.15) is 0 Å². The van der Waals surface area contributed by atoms with Crippen molar-refractivity contribution in [1.82, 2.24) is 4.98 Å². The Hall–Kier alpha value is 0.177. The molecule has 0 aliphatic carbocycles. The van der Waals surface area contributed by atoms with Crippen LogP contribution in [-0.2, 0) is 0 Å². The smallest absolute Gasteiger partial charge is 0.0913 e. The first-order chi connectivity index (χ1) is 4.06. The van der Waals surface area contributed by atoms with Crippen LogP contribution in [0.15, 0.2) is 0 Å². The molecule has 0 radical (unpaired) electrons. The van der Waals surface area contributed by atoms with E-state index in [0.717, 1.165) is 0 Å². The van der Waals surface area contributed by atoms with Gasteiger partial charge in [0.05, 0.1) is 9.68 Å². The van der Waals surface area contributed by atoms with Crippen molar-refractivity contribution in [2.45, 2.75) is 33.2 Å². The summed E-state index contributed by atoms with van der Waals surface area (Å²) in [5, 5.41) is 0. The van der Waals surface area contributed by atoms with Gasteiger partial charge in [0, 0.05) is 0 Å². The van der Waals surface area contributed by atoms with Crippen molar-refractivity contribution >= 4 is 9.68 Å². The van der Waals surface area contributed by atoms with Crippen LogP contribution in [0, 0.1) is 5.41 Å². The fourth-order valence-corrected chi connectivity index (χ4v) is 2.39. The highest BCUT2D eigenvalue weighted by atomic mass is 28.2. The lowest BCUT2D eigenvalue weighted by atomic mass is 9.94. The Balaban J connectivity index is 3.07. The van der Waals surface area contributed by atoms with Gasteiger partial charge in [-0.15, -0.1) is 0 Å². The van der Waals surface area contributed by atoms with Gasteiger partial charge in [-0.1, -0.05) is 27.2 Å². The molecule has 0 fully saturated rings. The van der Waals surface area contributed by atoms with Crippen molar-refractivity contribution in [3.8, 4) is 0 Å². The van der Waals surface area contributed by atoms with E-state index in [2.05, 4.69) is 32.8 Å². The minimum absolute atomic E-state index is 0.0919. The van der Waals surface area contributed by atoms with Crippen molar-refractivity contribution in [1.29, 1.82) is 0 Å². The third kappa shape index (κ3) is 8.18. The molecule has 0 atom stereocenters. The van der Waals surface area contributed by atoms with E-state index in [1.165, 1.54) is 12.5 Å². The average Bonchev–Trinajstić information content (AvgIpc) is 1.63. The van der Waals surface area contributed by atoms with E-state index in [4.69, 9.17) is 0 Å². The molecule has 0 saturated carbocycles. The van der Waals surface area contributed by atoms with E-state index in [-0.39, 0.29) is 9.68 Å². The molecule has 9 heavy (non-hydrogen) atoms. The molecule has 0 unspecified atom stereocenters. The fourth-order valence-electron chi connectivity index (χ4n) is 0.795. The number of nitrogens with one attached hydrogen (secondary N) is 1. The topological polar surface area (TPSA) is 12.0 Å². The molecular formula is C7H19NSi. The fraction of sp³-hybridized carbons (Fsp3) is 1.00. The van der Waals surface area contributed by atoms with Crippen molar-refractivity contribution in [3.05, 3.63) is 0 Å². The zero-order valence-corrected chi connectivity index (χ0v) is 8.54. The van der Waals surface area contributed by atoms with Crippen LogP contribution >= 0.6 is 0 Å². The summed E-state index contributed by atoms with van der Waals surface area (Å²) < 4.78 is 0. The second-order valence-electron chi connectivity index (χ2n) is 3.77. The summed E-state index contributed by atoms with van der Waals surface area (Å²) in [6.07, 6.45) is 1.38.